The molecular weight excluding hydrogens is 406 g/mol. The number of ether oxygens (including phenoxy) is 1. The van der Waals surface area contributed by atoms with Crippen LogP contribution in [0.4, 0.5) is 23.2 Å². The monoisotopic (exact) mass is 423 g/mol. The summed E-state index contributed by atoms with van der Waals surface area (Å²) < 4.78 is 58.8. The Labute approximate surface area is 168 Å². The molecule has 1 heterocycles. The SMILES string of the molecule is CN=C(C(=CN)C(=O)Nc1ccc(Oc2cccnc2C=CN)c(F)c1)C(F)(F)F. The fourth-order valence-electron chi connectivity index (χ4n) is 2.35. The summed E-state index contributed by atoms with van der Waals surface area (Å²) in [6, 6.07) is 6.43. The van der Waals surface area contributed by atoms with Crippen molar-refractivity contribution in [2.75, 3.05) is 12.4 Å². The first-order chi connectivity index (χ1) is 14.2. The van der Waals surface area contributed by atoms with E-state index >= 15 is 0 Å². The number of aliphatic imine (C=N–C) groups is 1. The van der Waals surface area contributed by atoms with E-state index in [2.05, 4.69) is 15.3 Å². The van der Waals surface area contributed by atoms with E-state index in [9.17, 15) is 22.4 Å². The van der Waals surface area contributed by atoms with E-state index in [0.29, 0.717) is 11.9 Å². The van der Waals surface area contributed by atoms with E-state index in [1.54, 1.807) is 12.1 Å². The third kappa shape index (κ3) is 5.34. The van der Waals surface area contributed by atoms with Gasteiger partial charge in [-0.05, 0) is 36.5 Å². The van der Waals surface area contributed by atoms with Crippen molar-refractivity contribution in [2.24, 2.45) is 16.5 Å². The molecule has 7 nitrogen and oxygen atoms in total. The van der Waals surface area contributed by atoms with Crippen molar-refractivity contribution in [1.29, 1.82) is 0 Å². The van der Waals surface area contributed by atoms with Gasteiger partial charge in [-0.25, -0.2) is 4.39 Å². The van der Waals surface area contributed by atoms with Crippen LogP contribution >= 0.6 is 0 Å². The summed E-state index contributed by atoms with van der Waals surface area (Å²) in [5, 5.41) is 2.14. The molecule has 0 saturated heterocycles. The van der Waals surface area contributed by atoms with Gasteiger partial charge in [-0.15, -0.1) is 0 Å². The number of halogens is 4. The number of pyridine rings is 1. The lowest BCUT2D eigenvalue weighted by molar-refractivity contribution is -0.113. The number of benzene rings is 1. The Morgan fingerprint density at radius 2 is 1.97 bits per heavy atom. The lowest BCUT2D eigenvalue weighted by Crippen LogP contribution is -2.32. The van der Waals surface area contributed by atoms with Gasteiger partial charge in [0.05, 0.1) is 5.57 Å². The fraction of sp³-hybridized carbons (Fsp3) is 0.105. The predicted molar refractivity (Wildman–Crippen MR) is 104 cm³/mol. The zero-order chi connectivity index (χ0) is 22.3. The maximum Gasteiger partial charge on any atom is 0.433 e. The summed E-state index contributed by atoms with van der Waals surface area (Å²) in [5.74, 6) is -2.06. The Hall–Kier alpha value is -3.89. The highest BCUT2D eigenvalue weighted by Gasteiger charge is 2.39. The molecule has 0 aliphatic rings. The number of anilines is 1. The number of carbonyl (C=O) groups is 1. The van der Waals surface area contributed by atoms with Crippen LogP contribution in [0.15, 0.2) is 59.5 Å². The maximum atomic E-state index is 14.4. The van der Waals surface area contributed by atoms with Gasteiger partial charge in [0.1, 0.15) is 5.69 Å². The predicted octanol–water partition coefficient (Wildman–Crippen LogP) is 3.36. The number of nitrogens with two attached hydrogens (primary N) is 2. The maximum absolute atomic E-state index is 14.4. The number of hydrogen-bond donors (Lipinski definition) is 3. The number of amides is 1. The molecule has 0 aliphatic carbocycles. The molecule has 0 bridgehead atoms. The van der Waals surface area contributed by atoms with E-state index in [4.69, 9.17) is 16.2 Å². The number of rotatable bonds is 6. The van der Waals surface area contributed by atoms with Crippen LogP contribution in [0.5, 0.6) is 11.5 Å². The van der Waals surface area contributed by atoms with Crippen LogP contribution in [0, 0.1) is 5.82 Å². The number of carbonyl (C=O) groups excluding carboxylic acids is 1. The molecule has 0 radical (unpaired) electrons. The van der Waals surface area contributed by atoms with E-state index in [0.717, 1.165) is 13.1 Å². The molecule has 2 rings (SSSR count). The first kappa shape index (κ1) is 22.4. The van der Waals surface area contributed by atoms with Gasteiger partial charge in [0.2, 0.25) is 0 Å². The average Bonchev–Trinajstić information content (AvgIpc) is 2.68. The van der Waals surface area contributed by atoms with Gasteiger partial charge in [0, 0.05) is 31.2 Å². The minimum absolute atomic E-state index is 0.116. The van der Waals surface area contributed by atoms with Crippen LogP contribution in [-0.2, 0) is 4.79 Å². The minimum atomic E-state index is -4.89. The highest BCUT2D eigenvalue weighted by atomic mass is 19.4. The van der Waals surface area contributed by atoms with Gasteiger partial charge >= 0.3 is 6.18 Å². The van der Waals surface area contributed by atoms with Crippen LogP contribution in [0.1, 0.15) is 5.69 Å². The number of aromatic nitrogens is 1. The Morgan fingerprint density at radius 1 is 1.23 bits per heavy atom. The molecule has 0 atom stereocenters. The standard InChI is InChI=1S/C19H17F4N5O2/c1-26-17(19(21,22)23)12(10-25)18(29)28-11-4-5-15(13(20)9-11)30-16-3-2-8-27-14(16)6-7-24/h2-10H,24-25H2,1H3,(H,28,29). The van der Waals surface area contributed by atoms with Crippen LogP contribution < -0.4 is 21.5 Å². The lowest BCUT2D eigenvalue weighted by atomic mass is 10.1. The highest BCUT2D eigenvalue weighted by molar-refractivity contribution is 6.26. The molecule has 5 N–H and O–H groups in total. The molecule has 0 unspecified atom stereocenters. The quantitative estimate of drug-likeness (QED) is 0.374. The van der Waals surface area contributed by atoms with Crippen molar-refractivity contribution >= 4 is 23.4 Å². The second-order valence-electron chi connectivity index (χ2n) is 5.60. The van der Waals surface area contributed by atoms with Gasteiger partial charge in [0.25, 0.3) is 5.91 Å². The first-order valence-electron chi connectivity index (χ1n) is 8.29. The van der Waals surface area contributed by atoms with E-state index in [-0.39, 0.29) is 17.2 Å². The molecule has 0 spiro atoms. The summed E-state index contributed by atoms with van der Waals surface area (Å²) in [7, 11) is 0.873. The summed E-state index contributed by atoms with van der Waals surface area (Å²) in [6.07, 6.45) is -0.223. The largest absolute Gasteiger partial charge is 0.452 e. The number of alkyl halides is 3. The third-order valence-corrected chi connectivity index (χ3v) is 3.62. The van der Waals surface area contributed by atoms with Crippen molar-refractivity contribution in [3.8, 4) is 11.5 Å². The molecule has 1 aromatic carbocycles. The molecular formula is C19H17F4N5O2. The Morgan fingerprint density at radius 3 is 2.53 bits per heavy atom. The second-order valence-corrected chi connectivity index (χ2v) is 5.60. The van der Waals surface area contributed by atoms with Crippen molar-refractivity contribution < 1.29 is 27.1 Å². The van der Waals surface area contributed by atoms with Crippen molar-refractivity contribution in [3.63, 3.8) is 0 Å². The third-order valence-electron chi connectivity index (χ3n) is 3.62. The molecule has 30 heavy (non-hydrogen) atoms. The molecule has 1 aromatic heterocycles. The van der Waals surface area contributed by atoms with Crippen molar-refractivity contribution in [2.45, 2.75) is 6.18 Å². The lowest BCUT2D eigenvalue weighted by Gasteiger charge is -2.14. The fourth-order valence-corrected chi connectivity index (χ4v) is 2.35. The van der Waals surface area contributed by atoms with Crippen molar-refractivity contribution in [1.82, 2.24) is 4.98 Å². The molecule has 2 aromatic rings. The normalized spacial score (nSPS) is 12.8. The Balaban J connectivity index is 2.23. The van der Waals surface area contributed by atoms with Crippen LogP contribution in [0.25, 0.3) is 6.08 Å². The Bertz CT molecular complexity index is 1020. The van der Waals surface area contributed by atoms with E-state index in [1.807, 2.05) is 0 Å². The summed E-state index contributed by atoms with van der Waals surface area (Å²) in [6.45, 7) is 0. The second kappa shape index (κ2) is 9.54. The Kier molecular flexibility index (Phi) is 7.13. The molecule has 1 amide bonds. The molecule has 0 fully saturated rings. The van der Waals surface area contributed by atoms with Crippen LogP contribution in [-0.4, -0.2) is 29.8 Å². The van der Waals surface area contributed by atoms with Gasteiger partial charge in [-0.1, -0.05) is 0 Å². The van der Waals surface area contributed by atoms with Crippen LogP contribution in [0.2, 0.25) is 0 Å². The van der Waals surface area contributed by atoms with Crippen LogP contribution in [0.3, 0.4) is 0 Å². The molecule has 158 valence electrons. The zero-order valence-electron chi connectivity index (χ0n) is 15.6. The molecule has 0 aliphatic heterocycles. The van der Waals surface area contributed by atoms with Gasteiger partial charge in [-0.3, -0.25) is 14.8 Å². The zero-order valence-corrected chi connectivity index (χ0v) is 15.6. The van der Waals surface area contributed by atoms with Crippen molar-refractivity contribution in [3.05, 3.63) is 66.0 Å². The number of nitrogens with zero attached hydrogens (tertiary/aromatic N) is 2. The van der Waals surface area contributed by atoms with Gasteiger partial charge in [0.15, 0.2) is 23.0 Å². The first-order valence-corrected chi connectivity index (χ1v) is 8.29. The summed E-state index contributed by atoms with van der Waals surface area (Å²) in [5.41, 5.74) is 8.37. The molecule has 11 heteroatoms. The smallest absolute Gasteiger partial charge is 0.433 e. The van der Waals surface area contributed by atoms with Gasteiger partial charge < -0.3 is 21.5 Å². The minimum Gasteiger partial charge on any atom is -0.452 e. The molecule has 0 saturated carbocycles. The van der Waals surface area contributed by atoms with E-state index in [1.165, 1.54) is 30.6 Å². The summed E-state index contributed by atoms with van der Waals surface area (Å²) >= 11 is 0. The topological polar surface area (TPSA) is 116 Å². The van der Waals surface area contributed by atoms with E-state index < -0.39 is 29.2 Å². The van der Waals surface area contributed by atoms with Gasteiger partial charge in [-0.2, -0.15) is 13.2 Å². The summed E-state index contributed by atoms with van der Waals surface area (Å²) in [4.78, 5) is 19.3. The number of nitrogens with one attached hydrogen (secondary N) is 1. The number of hydrogen-bond acceptors (Lipinski definition) is 6. The average molecular weight is 423 g/mol. The highest BCUT2D eigenvalue weighted by Crippen LogP contribution is 2.29.